The molecule has 21 heavy (non-hydrogen) atoms. The summed E-state index contributed by atoms with van der Waals surface area (Å²) in [4.78, 5) is 0. The third-order valence-corrected chi connectivity index (χ3v) is 3.90. The van der Waals surface area contributed by atoms with Gasteiger partial charge in [0.25, 0.3) is 0 Å². The topological polar surface area (TPSA) is 29.9 Å². The van der Waals surface area contributed by atoms with Gasteiger partial charge in [-0.05, 0) is 43.5 Å². The zero-order valence-electron chi connectivity index (χ0n) is 13.5. The predicted octanol–water partition coefficient (Wildman–Crippen LogP) is 3.21. The van der Waals surface area contributed by atoms with E-state index in [4.69, 9.17) is 5.10 Å². The van der Waals surface area contributed by atoms with E-state index in [0.717, 1.165) is 38.9 Å². The molecule has 2 rings (SSSR count). The lowest BCUT2D eigenvalue weighted by atomic mass is 10.1. The van der Waals surface area contributed by atoms with Crippen LogP contribution in [-0.4, -0.2) is 22.9 Å². The Hall–Kier alpha value is -1.61. The Morgan fingerprint density at radius 1 is 1.05 bits per heavy atom. The fourth-order valence-corrected chi connectivity index (χ4v) is 2.83. The van der Waals surface area contributed by atoms with E-state index in [-0.39, 0.29) is 0 Å². The minimum absolute atomic E-state index is 0.873. The molecule has 0 saturated carbocycles. The highest BCUT2D eigenvalue weighted by Crippen LogP contribution is 2.18. The third kappa shape index (κ3) is 3.94. The van der Waals surface area contributed by atoms with Crippen LogP contribution in [0.4, 0.5) is 0 Å². The van der Waals surface area contributed by atoms with Gasteiger partial charge in [0, 0.05) is 5.69 Å². The lowest BCUT2D eigenvalue weighted by Gasteiger charge is -2.08. The Labute approximate surface area is 128 Å². The van der Waals surface area contributed by atoms with Crippen molar-refractivity contribution in [3.63, 3.8) is 0 Å². The summed E-state index contributed by atoms with van der Waals surface area (Å²) in [5.41, 5.74) is 5.43. The molecule has 1 heterocycles. The van der Waals surface area contributed by atoms with Crippen molar-refractivity contribution in [3.8, 4) is 0 Å². The van der Waals surface area contributed by atoms with Crippen LogP contribution in [0.25, 0.3) is 0 Å². The van der Waals surface area contributed by atoms with Gasteiger partial charge >= 0.3 is 0 Å². The van der Waals surface area contributed by atoms with Crippen LogP contribution in [0, 0.1) is 0 Å². The Morgan fingerprint density at radius 3 is 2.43 bits per heavy atom. The molecule has 0 fully saturated rings. The molecule has 0 bridgehead atoms. The summed E-state index contributed by atoms with van der Waals surface area (Å²) in [5, 5.41) is 8.28. The number of nitrogens with zero attached hydrogens (tertiary/aromatic N) is 2. The molecule has 3 nitrogen and oxygen atoms in total. The highest BCUT2D eigenvalue weighted by Gasteiger charge is 2.15. The first-order valence-electron chi connectivity index (χ1n) is 8.12. The van der Waals surface area contributed by atoms with Crippen LogP contribution in [0.2, 0.25) is 0 Å². The molecule has 114 valence electrons. The van der Waals surface area contributed by atoms with Gasteiger partial charge in [0.15, 0.2) is 0 Å². The van der Waals surface area contributed by atoms with E-state index in [1.807, 2.05) is 0 Å². The molecule has 0 aliphatic rings. The summed E-state index contributed by atoms with van der Waals surface area (Å²) in [6.07, 6.45) is 3.13. The molecule has 2 aromatic rings. The standard InChI is InChI=1S/C18H27N3/c1-4-17-16(12-13-19-6-3)18(5-2)21(20-17)14-15-10-8-7-9-11-15/h7-11,19H,4-6,12-14H2,1-3H3. The maximum Gasteiger partial charge on any atom is 0.0662 e. The number of rotatable bonds is 8. The van der Waals surface area contributed by atoms with E-state index in [0.29, 0.717) is 0 Å². The SMILES string of the molecule is CCNCCc1c(CC)nn(Cc2ccccc2)c1CC. The van der Waals surface area contributed by atoms with E-state index in [2.05, 4.69) is 61.1 Å². The zero-order chi connectivity index (χ0) is 15.1. The van der Waals surface area contributed by atoms with Crippen LogP contribution < -0.4 is 5.32 Å². The predicted molar refractivity (Wildman–Crippen MR) is 88.8 cm³/mol. The van der Waals surface area contributed by atoms with E-state index < -0.39 is 0 Å². The second-order valence-corrected chi connectivity index (χ2v) is 5.33. The Bertz CT molecular complexity index is 543. The number of hydrogen-bond donors (Lipinski definition) is 1. The third-order valence-electron chi connectivity index (χ3n) is 3.90. The summed E-state index contributed by atoms with van der Waals surface area (Å²) < 4.78 is 2.20. The van der Waals surface area contributed by atoms with Crippen molar-refractivity contribution >= 4 is 0 Å². The monoisotopic (exact) mass is 285 g/mol. The summed E-state index contributed by atoms with van der Waals surface area (Å²) >= 11 is 0. The number of aromatic nitrogens is 2. The summed E-state index contributed by atoms with van der Waals surface area (Å²) in [5.74, 6) is 0. The van der Waals surface area contributed by atoms with Gasteiger partial charge in [0.1, 0.15) is 0 Å². The lowest BCUT2D eigenvalue weighted by Crippen LogP contribution is -2.17. The van der Waals surface area contributed by atoms with Crippen molar-refractivity contribution in [1.29, 1.82) is 0 Å². The van der Waals surface area contributed by atoms with E-state index >= 15 is 0 Å². The van der Waals surface area contributed by atoms with Gasteiger partial charge in [-0.3, -0.25) is 4.68 Å². The molecular weight excluding hydrogens is 258 g/mol. The summed E-state index contributed by atoms with van der Waals surface area (Å²) in [6, 6.07) is 10.6. The van der Waals surface area contributed by atoms with Crippen molar-refractivity contribution in [3.05, 3.63) is 52.8 Å². The van der Waals surface area contributed by atoms with Crippen molar-refractivity contribution in [2.45, 2.75) is 46.6 Å². The van der Waals surface area contributed by atoms with Crippen LogP contribution >= 0.6 is 0 Å². The average Bonchev–Trinajstić information content (AvgIpc) is 2.85. The quantitative estimate of drug-likeness (QED) is 0.755. The Kier molecular flexibility index (Phi) is 6.00. The van der Waals surface area contributed by atoms with Gasteiger partial charge in [-0.15, -0.1) is 0 Å². The van der Waals surface area contributed by atoms with Crippen LogP contribution in [0.3, 0.4) is 0 Å². The van der Waals surface area contributed by atoms with Crippen LogP contribution in [-0.2, 0) is 25.8 Å². The number of aryl methyl sites for hydroxylation is 1. The van der Waals surface area contributed by atoms with E-state index in [9.17, 15) is 0 Å². The van der Waals surface area contributed by atoms with Crippen molar-refractivity contribution in [2.24, 2.45) is 0 Å². The molecule has 1 aromatic carbocycles. The number of hydrogen-bond acceptors (Lipinski definition) is 2. The van der Waals surface area contributed by atoms with Crippen molar-refractivity contribution < 1.29 is 0 Å². The highest BCUT2D eigenvalue weighted by atomic mass is 15.3. The van der Waals surface area contributed by atoms with Crippen LogP contribution in [0.5, 0.6) is 0 Å². The average molecular weight is 285 g/mol. The summed E-state index contributed by atoms with van der Waals surface area (Å²) in [6.45, 7) is 9.52. The van der Waals surface area contributed by atoms with Crippen LogP contribution in [0.1, 0.15) is 43.3 Å². The smallest absolute Gasteiger partial charge is 0.0662 e. The van der Waals surface area contributed by atoms with Gasteiger partial charge in [-0.1, -0.05) is 51.1 Å². The highest BCUT2D eigenvalue weighted by molar-refractivity contribution is 5.28. The number of benzene rings is 1. The van der Waals surface area contributed by atoms with Crippen molar-refractivity contribution in [2.75, 3.05) is 13.1 Å². The van der Waals surface area contributed by atoms with Gasteiger partial charge in [0.05, 0.1) is 12.2 Å². The van der Waals surface area contributed by atoms with Crippen LogP contribution in [0.15, 0.2) is 30.3 Å². The summed E-state index contributed by atoms with van der Waals surface area (Å²) in [7, 11) is 0. The van der Waals surface area contributed by atoms with Gasteiger partial charge in [-0.25, -0.2) is 0 Å². The van der Waals surface area contributed by atoms with Gasteiger partial charge in [-0.2, -0.15) is 5.10 Å². The van der Waals surface area contributed by atoms with Gasteiger partial charge in [0.2, 0.25) is 0 Å². The molecular formula is C18H27N3. The first-order chi connectivity index (χ1) is 10.3. The number of nitrogens with one attached hydrogen (secondary N) is 1. The minimum Gasteiger partial charge on any atom is -0.317 e. The van der Waals surface area contributed by atoms with Gasteiger partial charge < -0.3 is 5.32 Å². The zero-order valence-corrected chi connectivity index (χ0v) is 13.5. The molecule has 0 radical (unpaired) electrons. The molecule has 0 saturated heterocycles. The Balaban J connectivity index is 2.24. The number of likely N-dealkylation sites (N-methyl/N-ethyl adjacent to an activating group) is 1. The second-order valence-electron chi connectivity index (χ2n) is 5.33. The largest absolute Gasteiger partial charge is 0.317 e. The fourth-order valence-electron chi connectivity index (χ4n) is 2.83. The maximum absolute atomic E-state index is 4.86. The molecule has 0 amide bonds. The molecule has 0 aliphatic carbocycles. The lowest BCUT2D eigenvalue weighted by molar-refractivity contribution is 0.638. The minimum atomic E-state index is 0.873. The first-order valence-corrected chi connectivity index (χ1v) is 8.12. The van der Waals surface area contributed by atoms with E-state index in [1.54, 1.807) is 0 Å². The van der Waals surface area contributed by atoms with E-state index in [1.165, 1.54) is 22.5 Å². The first kappa shape index (κ1) is 15.8. The molecule has 0 spiro atoms. The normalized spacial score (nSPS) is 11.0. The second kappa shape index (κ2) is 7.99. The molecule has 1 aromatic heterocycles. The van der Waals surface area contributed by atoms with Crippen molar-refractivity contribution in [1.82, 2.24) is 15.1 Å². The maximum atomic E-state index is 4.86. The Morgan fingerprint density at radius 2 is 1.81 bits per heavy atom. The molecule has 0 atom stereocenters. The molecule has 0 unspecified atom stereocenters. The molecule has 1 N–H and O–H groups in total. The fraction of sp³-hybridized carbons (Fsp3) is 0.500. The molecule has 3 heteroatoms. The molecule has 0 aliphatic heterocycles.